The monoisotopic (exact) mass is 378 g/mol. The van der Waals surface area contributed by atoms with Crippen LogP contribution in [0, 0.1) is 6.92 Å². The summed E-state index contributed by atoms with van der Waals surface area (Å²) in [5.41, 5.74) is 10.1. The lowest BCUT2D eigenvalue weighted by molar-refractivity contribution is 0.104. The van der Waals surface area contributed by atoms with Crippen LogP contribution >= 0.6 is 0 Å². The second-order valence-electron chi connectivity index (χ2n) is 7.10. The first-order valence-electron chi connectivity index (χ1n) is 9.27. The number of ether oxygens (including phenoxy) is 1. The number of rotatable bonds is 5. The van der Waals surface area contributed by atoms with E-state index in [1.807, 2.05) is 25.1 Å². The zero-order valence-electron chi connectivity index (χ0n) is 16.5. The van der Waals surface area contributed by atoms with Crippen LogP contribution in [-0.2, 0) is 0 Å². The molecule has 0 aliphatic carbocycles. The Morgan fingerprint density at radius 2 is 2.11 bits per heavy atom. The summed E-state index contributed by atoms with van der Waals surface area (Å²) in [6.45, 7) is 3.65. The van der Waals surface area contributed by atoms with Crippen molar-refractivity contribution in [2.75, 3.05) is 33.0 Å². The molecule has 0 unspecified atom stereocenters. The first-order chi connectivity index (χ1) is 13.4. The summed E-state index contributed by atoms with van der Waals surface area (Å²) in [6.07, 6.45) is 6.05. The molecule has 5 nitrogen and oxygen atoms in total. The molecule has 2 aromatic rings. The molecule has 2 aromatic carbocycles. The summed E-state index contributed by atoms with van der Waals surface area (Å²) in [7, 11) is 3.56. The average molecular weight is 378 g/mol. The Kier molecular flexibility index (Phi) is 5.85. The number of hydrogen-bond donors (Lipinski definition) is 2. The summed E-state index contributed by atoms with van der Waals surface area (Å²) in [6, 6.07) is 9.07. The van der Waals surface area contributed by atoms with E-state index in [0.29, 0.717) is 11.4 Å². The van der Waals surface area contributed by atoms with Crippen LogP contribution in [0.2, 0.25) is 0 Å². The Hall–Kier alpha value is -3.05. The Bertz CT molecular complexity index is 961. The molecule has 0 aromatic heterocycles. The molecule has 0 saturated carbocycles. The number of ketones is 1. The third-order valence-electron chi connectivity index (χ3n) is 5.00. The van der Waals surface area contributed by atoms with Gasteiger partial charge >= 0.3 is 0 Å². The molecular formula is C23H26N2O3. The van der Waals surface area contributed by atoms with Crippen molar-refractivity contribution in [1.82, 2.24) is 4.90 Å². The van der Waals surface area contributed by atoms with Gasteiger partial charge in [0.2, 0.25) is 0 Å². The number of methoxy groups -OCH3 is 1. The molecule has 0 atom stereocenters. The van der Waals surface area contributed by atoms with E-state index in [1.165, 1.54) is 13.2 Å². The van der Waals surface area contributed by atoms with Crippen LogP contribution in [0.15, 0.2) is 42.5 Å². The molecule has 1 aliphatic rings. The second kappa shape index (κ2) is 8.31. The van der Waals surface area contributed by atoms with Gasteiger partial charge in [-0.1, -0.05) is 24.3 Å². The van der Waals surface area contributed by atoms with E-state index in [9.17, 15) is 9.90 Å². The van der Waals surface area contributed by atoms with Gasteiger partial charge in [0.15, 0.2) is 5.78 Å². The van der Waals surface area contributed by atoms with Gasteiger partial charge in [-0.2, -0.15) is 0 Å². The molecule has 3 N–H and O–H groups in total. The minimum atomic E-state index is -0.313. The molecule has 3 rings (SSSR count). The topological polar surface area (TPSA) is 75.8 Å². The van der Waals surface area contributed by atoms with Crippen molar-refractivity contribution in [3.8, 4) is 11.5 Å². The number of nitrogen functional groups attached to an aromatic ring is 1. The molecule has 0 saturated heterocycles. The van der Waals surface area contributed by atoms with Gasteiger partial charge in [-0.25, -0.2) is 0 Å². The zero-order chi connectivity index (χ0) is 20.3. The van der Waals surface area contributed by atoms with Gasteiger partial charge in [0.05, 0.1) is 7.11 Å². The van der Waals surface area contributed by atoms with Gasteiger partial charge < -0.3 is 20.5 Å². The predicted octanol–water partition coefficient (Wildman–Crippen LogP) is 3.91. The van der Waals surface area contributed by atoms with Crippen molar-refractivity contribution in [1.29, 1.82) is 0 Å². The molecule has 5 heteroatoms. The van der Waals surface area contributed by atoms with Gasteiger partial charge in [0.1, 0.15) is 17.1 Å². The fourth-order valence-corrected chi connectivity index (χ4v) is 3.49. The largest absolute Gasteiger partial charge is 0.506 e. The fourth-order valence-electron chi connectivity index (χ4n) is 3.49. The van der Waals surface area contributed by atoms with Gasteiger partial charge in [0.25, 0.3) is 0 Å². The number of carbonyl (C=O) groups excluding carboxylic acids is 1. The number of benzene rings is 2. The maximum atomic E-state index is 12.9. The molecule has 146 valence electrons. The minimum Gasteiger partial charge on any atom is -0.506 e. The number of likely N-dealkylation sites (N-methyl/N-ethyl adjacent to an activating group) is 1. The summed E-state index contributed by atoms with van der Waals surface area (Å²) >= 11 is 0. The van der Waals surface area contributed by atoms with Crippen LogP contribution in [0.5, 0.6) is 11.5 Å². The standard InChI is InChI=1S/C23H26N2O3/c1-15-13-20(28-3)22(19(26)8-7-16-5-4-6-18(24)14-16)23(27)21(15)17-9-11-25(2)12-10-17/h4-9,13-14,27H,10-12,24H2,1-3H3/b8-7+. The Labute approximate surface area is 165 Å². The first kappa shape index (κ1) is 19.7. The number of nitrogens with zero attached hydrogens (tertiary/aromatic N) is 1. The van der Waals surface area contributed by atoms with Crippen LogP contribution in [0.4, 0.5) is 5.69 Å². The van der Waals surface area contributed by atoms with Crippen molar-refractivity contribution in [2.45, 2.75) is 13.3 Å². The summed E-state index contributed by atoms with van der Waals surface area (Å²) in [5, 5.41) is 11.0. The number of nitrogens with two attached hydrogens (primary N) is 1. The molecule has 0 amide bonds. The minimum absolute atomic E-state index is 0.0186. The number of aryl methyl sites for hydroxylation is 1. The molecule has 0 fully saturated rings. The molecule has 1 heterocycles. The van der Waals surface area contributed by atoms with E-state index in [1.54, 1.807) is 18.2 Å². The van der Waals surface area contributed by atoms with Crippen LogP contribution < -0.4 is 10.5 Å². The van der Waals surface area contributed by atoms with Crippen LogP contribution in [0.25, 0.3) is 11.6 Å². The highest BCUT2D eigenvalue weighted by molar-refractivity contribution is 6.11. The summed E-state index contributed by atoms with van der Waals surface area (Å²) < 4.78 is 5.40. The number of hydrogen-bond acceptors (Lipinski definition) is 5. The third kappa shape index (κ3) is 4.10. The van der Waals surface area contributed by atoms with Gasteiger partial charge in [-0.3, -0.25) is 4.79 Å². The van der Waals surface area contributed by atoms with Crippen molar-refractivity contribution >= 4 is 23.1 Å². The summed E-state index contributed by atoms with van der Waals surface area (Å²) in [5.74, 6) is 0.0379. The van der Waals surface area contributed by atoms with Gasteiger partial charge in [-0.15, -0.1) is 0 Å². The molecule has 0 radical (unpaired) electrons. The number of carbonyl (C=O) groups is 1. The zero-order valence-corrected chi connectivity index (χ0v) is 16.5. The normalized spacial score (nSPS) is 14.9. The number of allylic oxidation sites excluding steroid dienone is 1. The third-order valence-corrected chi connectivity index (χ3v) is 5.00. The molecular weight excluding hydrogens is 352 g/mol. The smallest absolute Gasteiger partial charge is 0.193 e. The van der Waals surface area contributed by atoms with E-state index in [0.717, 1.165) is 41.8 Å². The maximum absolute atomic E-state index is 12.9. The fraction of sp³-hybridized carbons (Fsp3) is 0.261. The lowest BCUT2D eigenvalue weighted by Crippen LogP contribution is -2.24. The number of phenols is 1. The summed E-state index contributed by atoms with van der Waals surface area (Å²) in [4.78, 5) is 15.1. The van der Waals surface area contributed by atoms with E-state index < -0.39 is 0 Å². The van der Waals surface area contributed by atoms with Crippen molar-refractivity contribution in [3.05, 3.63) is 64.7 Å². The van der Waals surface area contributed by atoms with E-state index in [-0.39, 0.29) is 17.1 Å². The average Bonchev–Trinajstić information content (AvgIpc) is 2.67. The van der Waals surface area contributed by atoms with Gasteiger partial charge in [0, 0.05) is 24.3 Å². The highest BCUT2D eigenvalue weighted by Crippen LogP contribution is 2.40. The second-order valence-corrected chi connectivity index (χ2v) is 7.10. The molecule has 28 heavy (non-hydrogen) atoms. The molecule has 0 spiro atoms. The maximum Gasteiger partial charge on any atom is 0.193 e. The molecule has 1 aliphatic heterocycles. The van der Waals surface area contributed by atoms with Crippen molar-refractivity contribution in [2.24, 2.45) is 0 Å². The molecule has 0 bridgehead atoms. The van der Waals surface area contributed by atoms with Gasteiger partial charge in [-0.05, 0) is 61.4 Å². The number of phenolic OH excluding ortho intramolecular Hbond substituents is 1. The lowest BCUT2D eigenvalue weighted by atomic mass is 9.90. The van der Waals surface area contributed by atoms with E-state index in [4.69, 9.17) is 10.5 Å². The number of anilines is 1. The Morgan fingerprint density at radius 1 is 1.32 bits per heavy atom. The quantitative estimate of drug-likeness (QED) is 0.469. The van der Waals surface area contributed by atoms with Crippen LogP contribution in [0.3, 0.4) is 0 Å². The lowest BCUT2D eigenvalue weighted by Gasteiger charge is -2.24. The van der Waals surface area contributed by atoms with Crippen LogP contribution in [0.1, 0.15) is 33.5 Å². The Balaban J connectivity index is 2.02. The predicted molar refractivity (Wildman–Crippen MR) is 114 cm³/mol. The Morgan fingerprint density at radius 3 is 2.75 bits per heavy atom. The number of aromatic hydroxyl groups is 1. The van der Waals surface area contributed by atoms with Crippen molar-refractivity contribution < 1.29 is 14.6 Å². The SMILES string of the molecule is COc1cc(C)c(C2=CCN(C)CC2)c(O)c1C(=O)/C=C/c1cccc(N)c1. The first-order valence-corrected chi connectivity index (χ1v) is 9.27. The van der Waals surface area contributed by atoms with E-state index >= 15 is 0 Å². The van der Waals surface area contributed by atoms with Crippen molar-refractivity contribution in [3.63, 3.8) is 0 Å². The highest BCUT2D eigenvalue weighted by Gasteiger charge is 2.24. The van der Waals surface area contributed by atoms with Crippen LogP contribution in [-0.4, -0.2) is 43.0 Å². The highest BCUT2D eigenvalue weighted by atomic mass is 16.5. The van der Waals surface area contributed by atoms with E-state index in [2.05, 4.69) is 18.0 Å².